The molecule has 16 heteroatoms. The number of carbonyl (C=O) groups is 2. The first-order valence-electron chi connectivity index (χ1n) is 7.68. The average Bonchev–Trinajstić information content (AvgIpc) is 2.87. The van der Waals surface area contributed by atoms with Crippen LogP contribution in [0.15, 0.2) is 18.2 Å². The van der Waals surface area contributed by atoms with Crippen molar-refractivity contribution in [3.63, 3.8) is 0 Å². The summed E-state index contributed by atoms with van der Waals surface area (Å²) in [5.74, 6) is -1.40. The molecule has 0 fully saturated rings. The Morgan fingerprint density at radius 1 is 0.897 bits per heavy atom. The quantitative estimate of drug-likeness (QED) is 0.244. The lowest BCUT2D eigenvalue weighted by molar-refractivity contribution is -0.790. The molecule has 1 aromatic carbocycles. The van der Waals surface area contributed by atoms with E-state index in [2.05, 4.69) is 14.5 Å². The van der Waals surface area contributed by atoms with Gasteiger partial charge in [-0.1, -0.05) is 0 Å². The van der Waals surface area contributed by atoms with E-state index in [-0.39, 0.29) is 23.4 Å². The molecule has 0 N–H and O–H groups in total. The number of ether oxygens (including phenoxy) is 1. The highest BCUT2D eigenvalue weighted by atomic mass is 17.0. The normalized spacial score (nSPS) is 13.4. The van der Waals surface area contributed by atoms with E-state index in [4.69, 9.17) is 4.74 Å². The summed E-state index contributed by atoms with van der Waals surface area (Å²) in [5.41, 5.74) is -0.0277. The molecule has 16 nitrogen and oxygen atoms in total. The molecule has 2 amide bonds. The highest BCUT2D eigenvalue weighted by molar-refractivity contribution is 6.21. The molecule has 0 saturated carbocycles. The summed E-state index contributed by atoms with van der Waals surface area (Å²) in [6.45, 7) is -2.16. The van der Waals surface area contributed by atoms with Gasteiger partial charge in [-0.25, -0.2) is 0 Å². The van der Waals surface area contributed by atoms with Crippen LogP contribution in [0.25, 0.3) is 0 Å². The van der Waals surface area contributed by atoms with Crippen molar-refractivity contribution in [2.45, 2.75) is 6.10 Å². The van der Waals surface area contributed by atoms with Crippen molar-refractivity contribution in [3.05, 3.63) is 59.7 Å². The van der Waals surface area contributed by atoms with Gasteiger partial charge in [0.2, 0.25) is 0 Å². The van der Waals surface area contributed by atoms with Gasteiger partial charge in [0.15, 0.2) is 6.10 Å². The molecule has 1 heterocycles. The summed E-state index contributed by atoms with van der Waals surface area (Å²) in [7, 11) is 0. The van der Waals surface area contributed by atoms with E-state index >= 15 is 0 Å². The Bertz CT molecular complexity index is 843. The first-order chi connectivity index (χ1) is 13.7. The number of carbonyl (C=O) groups excluding carboxylic acids is 2. The lowest BCUT2D eigenvalue weighted by atomic mass is 10.1. The summed E-state index contributed by atoms with van der Waals surface area (Å²) < 4.78 is 5.23. The minimum absolute atomic E-state index is 0.0198. The van der Waals surface area contributed by atoms with E-state index in [0.29, 0.717) is 0 Å². The van der Waals surface area contributed by atoms with Crippen LogP contribution in [0, 0.1) is 30.3 Å². The van der Waals surface area contributed by atoms with Crippen LogP contribution in [0.3, 0.4) is 0 Å². The van der Waals surface area contributed by atoms with Crippen LogP contribution in [-0.4, -0.2) is 64.4 Å². The Labute approximate surface area is 159 Å². The zero-order valence-corrected chi connectivity index (χ0v) is 14.3. The fourth-order valence-electron chi connectivity index (χ4n) is 2.33. The lowest BCUT2D eigenvalue weighted by Gasteiger charge is -2.15. The standard InChI is InChI=1S/C13H12N4O12/c18-12-10-2-1-8(26-6-9(29-17(24)25)7-28-16(22)23)5-11(10)13(19)14(12)3-4-27-15(20)21/h1-2,5,9H,3-4,6-7H2. The van der Waals surface area contributed by atoms with Gasteiger partial charge in [-0.3, -0.25) is 14.5 Å². The summed E-state index contributed by atoms with van der Waals surface area (Å²) in [6.07, 6.45) is -1.43. The van der Waals surface area contributed by atoms with Gasteiger partial charge in [-0.15, -0.1) is 30.3 Å². The van der Waals surface area contributed by atoms with Gasteiger partial charge in [0.05, 0.1) is 17.7 Å². The van der Waals surface area contributed by atoms with Crippen LogP contribution in [-0.2, 0) is 14.5 Å². The molecule has 1 unspecified atom stereocenters. The van der Waals surface area contributed by atoms with Crippen LogP contribution < -0.4 is 4.74 Å². The molecule has 1 aliphatic heterocycles. The number of fused-ring (bicyclic) bond motifs is 1. The van der Waals surface area contributed by atoms with E-state index in [1.165, 1.54) is 18.2 Å². The molecule has 2 rings (SSSR count). The lowest BCUT2D eigenvalue weighted by Crippen LogP contribution is -2.33. The summed E-state index contributed by atoms with van der Waals surface area (Å²) >= 11 is 0. The zero-order valence-electron chi connectivity index (χ0n) is 14.3. The predicted molar refractivity (Wildman–Crippen MR) is 85.1 cm³/mol. The monoisotopic (exact) mass is 416 g/mol. The summed E-state index contributed by atoms with van der Waals surface area (Å²) in [5, 5.41) is 27.4. The first-order valence-corrected chi connectivity index (χ1v) is 7.68. The maximum absolute atomic E-state index is 12.3. The van der Waals surface area contributed by atoms with E-state index in [1.54, 1.807) is 0 Å². The largest absolute Gasteiger partial charge is 0.491 e. The third-order valence-electron chi connectivity index (χ3n) is 3.49. The van der Waals surface area contributed by atoms with E-state index in [9.17, 15) is 39.9 Å². The van der Waals surface area contributed by atoms with Crippen LogP contribution in [0.2, 0.25) is 0 Å². The van der Waals surface area contributed by atoms with Crippen molar-refractivity contribution in [2.24, 2.45) is 0 Å². The van der Waals surface area contributed by atoms with Crippen LogP contribution in [0.4, 0.5) is 0 Å². The number of imide groups is 1. The molecular formula is C13H12N4O12. The molecule has 0 aliphatic carbocycles. The van der Waals surface area contributed by atoms with Crippen molar-refractivity contribution in [2.75, 3.05) is 26.4 Å². The number of amides is 2. The molecule has 1 atom stereocenters. The number of hydrogen-bond acceptors (Lipinski definition) is 12. The molecular weight excluding hydrogens is 404 g/mol. The van der Waals surface area contributed by atoms with Gasteiger partial charge < -0.3 is 19.2 Å². The minimum atomic E-state index is -1.43. The summed E-state index contributed by atoms with van der Waals surface area (Å²) in [6, 6.07) is 3.73. The molecule has 0 spiro atoms. The summed E-state index contributed by atoms with van der Waals surface area (Å²) in [4.78, 5) is 68.3. The second-order valence-corrected chi connectivity index (χ2v) is 5.31. The smallest absolute Gasteiger partial charge is 0.294 e. The fraction of sp³-hybridized carbons (Fsp3) is 0.385. The maximum atomic E-state index is 12.3. The van der Waals surface area contributed by atoms with E-state index in [1.807, 2.05) is 0 Å². The van der Waals surface area contributed by atoms with Gasteiger partial charge >= 0.3 is 0 Å². The Balaban J connectivity index is 2.03. The molecule has 29 heavy (non-hydrogen) atoms. The number of hydrogen-bond donors (Lipinski definition) is 0. The van der Waals surface area contributed by atoms with Gasteiger partial charge in [-0.05, 0) is 18.2 Å². The Kier molecular flexibility index (Phi) is 6.62. The van der Waals surface area contributed by atoms with Crippen LogP contribution in [0.1, 0.15) is 20.7 Å². The Morgan fingerprint density at radius 3 is 2.17 bits per heavy atom. The number of nitrogens with zero attached hydrogens (tertiary/aromatic N) is 4. The molecule has 0 bridgehead atoms. The minimum Gasteiger partial charge on any atom is -0.491 e. The molecule has 1 aliphatic rings. The SMILES string of the molecule is O=C1c2ccc(OCC(CO[N+](=O)[O-])O[N+](=O)[O-])cc2C(=O)N1CCO[N+](=O)[O-]. The van der Waals surface area contributed by atoms with Crippen molar-refractivity contribution >= 4 is 11.8 Å². The van der Waals surface area contributed by atoms with Gasteiger partial charge in [0, 0.05) is 0 Å². The molecule has 1 aromatic rings. The second kappa shape index (κ2) is 9.11. The van der Waals surface area contributed by atoms with Crippen molar-refractivity contribution in [3.8, 4) is 5.75 Å². The van der Waals surface area contributed by atoms with Gasteiger partial charge in [0.25, 0.3) is 27.1 Å². The van der Waals surface area contributed by atoms with Crippen molar-refractivity contribution < 1.29 is 44.1 Å². The fourth-order valence-corrected chi connectivity index (χ4v) is 2.33. The number of rotatable bonds is 12. The van der Waals surface area contributed by atoms with Crippen molar-refractivity contribution in [1.29, 1.82) is 0 Å². The molecule has 0 radical (unpaired) electrons. The third kappa shape index (κ3) is 5.62. The molecule has 0 aromatic heterocycles. The maximum Gasteiger partial charge on any atom is 0.294 e. The Morgan fingerprint density at radius 2 is 1.55 bits per heavy atom. The van der Waals surface area contributed by atoms with Crippen LogP contribution >= 0.6 is 0 Å². The molecule has 0 saturated heterocycles. The average molecular weight is 416 g/mol. The highest BCUT2D eigenvalue weighted by Gasteiger charge is 2.35. The van der Waals surface area contributed by atoms with E-state index in [0.717, 1.165) is 4.90 Å². The second-order valence-electron chi connectivity index (χ2n) is 5.31. The van der Waals surface area contributed by atoms with Crippen LogP contribution in [0.5, 0.6) is 5.75 Å². The predicted octanol–water partition coefficient (Wildman–Crippen LogP) is -0.345. The first kappa shape index (κ1) is 21.1. The Hall–Kier alpha value is -4.24. The van der Waals surface area contributed by atoms with Crippen molar-refractivity contribution in [1.82, 2.24) is 4.90 Å². The van der Waals surface area contributed by atoms with Gasteiger partial charge in [-0.2, -0.15) is 0 Å². The molecule has 156 valence electrons. The highest BCUT2D eigenvalue weighted by Crippen LogP contribution is 2.27. The number of benzene rings is 1. The topological polar surface area (TPSA) is 204 Å². The third-order valence-corrected chi connectivity index (χ3v) is 3.49. The zero-order chi connectivity index (χ0) is 21.6. The van der Waals surface area contributed by atoms with E-state index < -0.39 is 53.0 Å². The van der Waals surface area contributed by atoms with Gasteiger partial charge in [0.1, 0.15) is 25.6 Å².